The van der Waals surface area contributed by atoms with E-state index in [4.69, 9.17) is 0 Å². The molecule has 3 aromatic rings. The van der Waals surface area contributed by atoms with Gasteiger partial charge in [-0.2, -0.15) is 5.10 Å². The molecule has 0 saturated carbocycles. The highest BCUT2D eigenvalue weighted by molar-refractivity contribution is 5.93. The lowest BCUT2D eigenvalue weighted by atomic mass is 10.1. The van der Waals surface area contributed by atoms with Gasteiger partial charge >= 0.3 is 0 Å². The molecule has 0 spiro atoms. The first-order valence-corrected chi connectivity index (χ1v) is 8.92. The molecule has 27 heavy (non-hydrogen) atoms. The molecule has 0 bridgehead atoms. The third-order valence-electron chi connectivity index (χ3n) is 4.63. The molecule has 1 N–H and O–H groups in total. The van der Waals surface area contributed by atoms with Gasteiger partial charge in [-0.25, -0.2) is 9.97 Å². The van der Waals surface area contributed by atoms with Crippen LogP contribution < -0.4 is 5.32 Å². The molecule has 0 saturated heterocycles. The largest absolute Gasteiger partial charge is 0.354 e. The summed E-state index contributed by atoms with van der Waals surface area (Å²) in [6.07, 6.45) is 6.83. The maximum Gasteiger partial charge on any atom is 0.255 e. The second kappa shape index (κ2) is 7.53. The highest BCUT2D eigenvalue weighted by Crippen LogP contribution is 2.18. The van der Waals surface area contributed by atoms with Crippen molar-refractivity contribution in [2.75, 3.05) is 18.4 Å². The van der Waals surface area contributed by atoms with Crippen molar-refractivity contribution in [3.05, 3.63) is 66.0 Å². The van der Waals surface area contributed by atoms with Crippen LogP contribution in [-0.2, 0) is 13.1 Å². The molecule has 0 radical (unpaired) electrons. The Bertz CT molecular complexity index is 907. The number of nitrogens with one attached hydrogen (secondary N) is 1. The van der Waals surface area contributed by atoms with Gasteiger partial charge in [0.2, 0.25) is 5.95 Å². The molecular formula is C19H21N7O. The minimum Gasteiger partial charge on any atom is -0.354 e. The molecule has 0 fully saturated rings. The van der Waals surface area contributed by atoms with E-state index < -0.39 is 0 Å². The number of fused-ring (bicyclic) bond motifs is 1. The predicted molar refractivity (Wildman–Crippen MR) is 100.0 cm³/mol. The lowest BCUT2D eigenvalue weighted by Crippen LogP contribution is -2.36. The molecule has 138 valence electrons. The zero-order valence-corrected chi connectivity index (χ0v) is 15.1. The maximum atomic E-state index is 13.0. The van der Waals surface area contributed by atoms with Crippen LogP contribution in [0.25, 0.3) is 0 Å². The summed E-state index contributed by atoms with van der Waals surface area (Å²) in [5.41, 5.74) is 2.53. The lowest BCUT2D eigenvalue weighted by molar-refractivity contribution is 0.0723. The van der Waals surface area contributed by atoms with Crippen LogP contribution in [0, 0.1) is 12.8 Å². The highest BCUT2D eigenvalue weighted by Gasteiger charge is 2.26. The highest BCUT2D eigenvalue weighted by atomic mass is 16.2. The molecule has 0 aromatic carbocycles. The number of aryl methyl sites for hydroxylation is 1. The van der Waals surface area contributed by atoms with Crippen LogP contribution in [-0.4, -0.2) is 48.6 Å². The topological polar surface area (TPSA) is 88.8 Å². The first kappa shape index (κ1) is 17.1. The van der Waals surface area contributed by atoms with Gasteiger partial charge in [0, 0.05) is 56.0 Å². The van der Waals surface area contributed by atoms with Crippen molar-refractivity contribution in [2.45, 2.75) is 20.0 Å². The van der Waals surface area contributed by atoms with E-state index in [1.165, 1.54) is 0 Å². The van der Waals surface area contributed by atoms with Gasteiger partial charge in [-0.15, -0.1) is 0 Å². The van der Waals surface area contributed by atoms with Crippen LogP contribution in [0.3, 0.4) is 0 Å². The molecule has 3 aromatic heterocycles. The van der Waals surface area contributed by atoms with Crippen molar-refractivity contribution in [1.29, 1.82) is 0 Å². The van der Waals surface area contributed by atoms with Gasteiger partial charge in [0.1, 0.15) is 0 Å². The monoisotopic (exact) mass is 363 g/mol. The van der Waals surface area contributed by atoms with E-state index >= 15 is 0 Å². The molecule has 4 rings (SSSR count). The molecule has 1 aliphatic rings. The summed E-state index contributed by atoms with van der Waals surface area (Å²) in [7, 11) is 0. The summed E-state index contributed by atoms with van der Waals surface area (Å²) in [6, 6.07) is 7.44. The number of carbonyl (C=O) groups excluding carboxylic acids is 1. The number of anilines is 1. The predicted octanol–water partition coefficient (Wildman–Crippen LogP) is 1.76. The fraction of sp³-hybridized carbons (Fsp3) is 0.316. The number of rotatable bonds is 4. The van der Waals surface area contributed by atoms with Crippen LogP contribution in [0.4, 0.5) is 5.95 Å². The third kappa shape index (κ3) is 3.94. The van der Waals surface area contributed by atoms with E-state index in [9.17, 15) is 4.79 Å². The Hall–Kier alpha value is -3.29. The van der Waals surface area contributed by atoms with Crippen LogP contribution in [0.15, 0.2) is 49.1 Å². The van der Waals surface area contributed by atoms with Gasteiger partial charge in [-0.1, -0.05) is 0 Å². The summed E-state index contributed by atoms with van der Waals surface area (Å²) < 4.78 is 1.97. The third-order valence-corrected chi connectivity index (χ3v) is 4.63. The van der Waals surface area contributed by atoms with Crippen molar-refractivity contribution in [1.82, 2.24) is 29.6 Å². The Morgan fingerprint density at radius 3 is 2.78 bits per heavy atom. The van der Waals surface area contributed by atoms with Crippen molar-refractivity contribution in [2.24, 2.45) is 5.92 Å². The summed E-state index contributed by atoms with van der Waals surface area (Å²) in [6.45, 7) is 4.45. The second-order valence-electron chi connectivity index (χ2n) is 6.70. The van der Waals surface area contributed by atoms with E-state index in [-0.39, 0.29) is 11.8 Å². The number of nitrogens with zero attached hydrogens (tertiary/aromatic N) is 6. The standard InChI is InChI=1S/C19H21N7O/c1-14-3-4-16(10-22-14)18(27)25-11-15(9-23-19-20-6-2-7-21-19)12-26-17(13-25)5-8-24-26/h2-8,10,15H,9,11-13H2,1H3,(H,20,21,23). The zero-order valence-electron chi connectivity index (χ0n) is 15.1. The quantitative estimate of drug-likeness (QED) is 0.760. The fourth-order valence-corrected chi connectivity index (χ4v) is 3.22. The van der Waals surface area contributed by atoms with Gasteiger partial charge < -0.3 is 10.2 Å². The molecular weight excluding hydrogens is 342 g/mol. The number of pyridine rings is 1. The Balaban J connectivity index is 1.53. The number of aromatic nitrogens is 5. The Kier molecular flexibility index (Phi) is 4.78. The average molecular weight is 363 g/mol. The number of hydrogen-bond acceptors (Lipinski definition) is 6. The molecule has 1 aliphatic heterocycles. The van der Waals surface area contributed by atoms with Gasteiger partial charge in [-0.3, -0.25) is 14.5 Å². The van der Waals surface area contributed by atoms with Gasteiger partial charge in [0.05, 0.1) is 17.8 Å². The summed E-state index contributed by atoms with van der Waals surface area (Å²) in [5, 5.41) is 7.67. The van der Waals surface area contributed by atoms with Crippen LogP contribution in [0.2, 0.25) is 0 Å². The maximum absolute atomic E-state index is 13.0. The molecule has 0 aliphatic carbocycles. The SMILES string of the molecule is Cc1ccc(C(=O)N2Cc3ccnn3CC(CNc3ncccn3)C2)cn1. The fourth-order valence-electron chi connectivity index (χ4n) is 3.22. The van der Waals surface area contributed by atoms with Crippen molar-refractivity contribution in [3.63, 3.8) is 0 Å². The van der Waals surface area contributed by atoms with Gasteiger partial charge in [-0.05, 0) is 31.2 Å². The minimum atomic E-state index is -0.0156. The lowest BCUT2D eigenvalue weighted by Gasteiger charge is -2.24. The summed E-state index contributed by atoms with van der Waals surface area (Å²) in [5.74, 6) is 0.749. The first-order chi connectivity index (χ1) is 13.2. The second-order valence-corrected chi connectivity index (χ2v) is 6.70. The van der Waals surface area contributed by atoms with Crippen molar-refractivity contribution in [3.8, 4) is 0 Å². The molecule has 1 amide bonds. The molecule has 8 heteroatoms. The van der Waals surface area contributed by atoms with E-state index in [1.807, 2.05) is 34.7 Å². The van der Waals surface area contributed by atoms with Crippen LogP contribution in [0.5, 0.6) is 0 Å². The van der Waals surface area contributed by atoms with E-state index in [0.717, 1.165) is 17.9 Å². The van der Waals surface area contributed by atoms with Gasteiger partial charge in [0.15, 0.2) is 0 Å². The Morgan fingerprint density at radius 2 is 2.00 bits per heavy atom. The van der Waals surface area contributed by atoms with Crippen molar-refractivity contribution < 1.29 is 4.79 Å². The number of amides is 1. The molecule has 1 atom stereocenters. The average Bonchev–Trinajstić information content (AvgIpc) is 3.05. The van der Waals surface area contributed by atoms with E-state index in [0.29, 0.717) is 31.1 Å². The number of carbonyl (C=O) groups is 1. The minimum absolute atomic E-state index is 0.0156. The smallest absolute Gasteiger partial charge is 0.255 e. The Morgan fingerprint density at radius 1 is 1.15 bits per heavy atom. The first-order valence-electron chi connectivity index (χ1n) is 8.92. The molecule has 4 heterocycles. The van der Waals surface area contributed by atoms with E-state index in [2.05, 4.69) is 25.4 Å². The van der Waals surface area contributed by atoms with Crippen LogP contribution in [0.1, 0.15) is 21.7 Å². The Labute approximate surface area is 157 Å². The summed E-state index contributed by atoms with van der Waals surface area (Å²) >= 11 is 0. The normalized spacial score (nSPS) is 16.5. The van der Waals surface area contributed by atoms with Gasteiger partial charge in [0.25, 0.3) is 5.91 Å². The van der Waals surface area contributed by atoms with Crippen LogP contribution >= 0.6 is 0 Å². The zero-order chi connectivity index (χ0) is 18.6. The number of hydrogen-bond donors (Lipinski definition) is 1. The summed E-state index contributed by atoms with van der Waals surface area (Å²) in [4.78, 5) is 27.5. The van der Waals surface area contributed by atoms with E-state index in [1.54, 1.807) is 30.9 Å². The molecule has 1 unspecified atom stereocenters. The molecule has 8 nitrogen and oxygen atoms in total. The van der Waals surface area contributed by atoms with Crippen molar-refractivity contribution >= 4 is 11.9 Å².